The summed E-state index contributed by atoms with van der Waals surface area (Å²) in [5.74, 6) is 2.16. The van der Waals surface area contributed by atoms with Gasteiger partial charge in [0, 0.05) is 5.02 Å². The fourth-order valence-corrected chi connectivity index (χ4v) is 2.38. The number of hydrogen-bond acceptors (Lipinski definition) is 2. The number of aromatic nitrogens is 2. The van der Waals surface area contributed by atoms with E-state index in [0.29, 0.717) is 17.5 Å². The van der Waals surface area contributed by atoms with Crippen LogP contribution in [0.1, 0.15) is 31.2 Å². The molecule has 0 fully saturated rings. The van der Waals surface area contributed by atoms with Gasteiger partial charge in [-0.05, 0) is 41.8 Å². The van der Waals surface area contributed by atoms with Gasteiger partial charge in [0.1, 0.15) is 18.2 Å². The van der Waals surface area contributed by atoms with Crippen molar-refractivity contribution in [2.24, 2.45) is 0 Å². The smallest absolute Gasteiger partial charge is 0.146 e. The molecule has 0 atom stereocenters. The van der Waals surface area contributed by atoms with Crippen LogP contribution >= 0.6 is 11.6 Å². The Bertz CT molecular complexity index is 747. The van der Waals surface area contributed by atoms with Gasteiger partial charge in [0.2, 0.25) is 0 Å². The van der Waals surface area contributed by atoms with Crippen LogP contribution in [-0.4, -0.2) is 9.97 Å². The van der Waals surface area contributed by atoms with Gasteiger partial charge in [-0.3, -0.25) is 0 Å². The van der Waals surface area contributed by atoms with E-state index in [1.165, 1.54) is 5.56 Å². The van der Waals surface area contributed by atoms with Gasteiger partial charge in [0.25, 0.3) is 0 Å². The second-order valence-corrected chi connectivity index (χ2v) is 5.79. The maximum Gasteiger partial charge on any atom is 0.146 e. The van der Waals surface area contributed by atoms with Gasteiger partial charge in [-0.1, -0.05) is 37.6 Å². The molecule has 0 bridgehead atoms. The Kier molecular flexibility index (Phi) is 3.84. The first-order valence-corrected chi connectivity index (χ1v) is 7.36. The Morgan fingerprint density at radius 1 is 1.14 bits per heavy atom. The molecule has 0 saturated heterocycles. The third-order valence-corrected chi connectivity index (χ3v) is 3.65. The van der Waals surface area contributed by atoms with E-state index in [9.17, 15) is 0 Å². The molecule has 1 aromatic heterocycles. The number of fused-ring (bicyclic) bond motifs is 1. The number of nitrogens with zero attached hydrogens (tertiary/aromatic N) is 1. The first-order valence-electron chi connectivity index (χ1n) is 6.99. The number of nitrogens with one attached hydrogen (secondary N) is 1. The van der Waals surface area contributed by atoms with Crippen molar-refractivity contribution in [3.05, 3.63) is 58.9 Å². The Morgan fingerprint density at radius 2 is 1.90 bits per heavy atom. The zero-order valence-corrected chi connectivity index (χ0v) is 12.8. The predicted octanol–water partition coefficient (Wildman–Crippen LogP) is 4.92. The molecule has 0 aliphatic heterocycles. The normalized spacial score (nSPS) is 11.2. The minimum absolute atomic E-state index is 0.410. The number of imidazole rings is 1. The zero-order valence-electron chi connectivity index (χ0n) is 12.1. The van der Waals surface area contributed by atoms with Gasteiger partial charge in [-0.2, -0.15) is 0 Å². The number of rotatable bonds is 4. The predicted molar refractivity (Wildman–Crippen MR) is 86.0 cm³/mol. The number of hydrogen-bond donors (Lipinski definition) is 1. The van der Waals surface area contributed by atoms with Gasteiger partial charge in [0.15, 0.2) is 0 Å². The Morgan fingerprint density at radius 3 is 2.62 bits per heavy atom. The second kappa shape index (κ2) is 5.78. The van der Waals surface area contributed by atoms with Crippen molar-refractivity contribution in [1.82, 2.24) is 9.97 Å². The number of aromatic amines is 1. The Balaban J connectivity index is 1.71. The molecule has 4 heteroatoms. The van der Waals surface area contributed by atoms with E-state index in [0.717, 1.165) is 22.6 Å². The quantitative estimate of drug-likeness (QED) is 0.742. The second-order valence-electron chi connectivity index (χ2n) is 5.36. The highest BCUT2D eigenvalue weighted by Gasteiger charge is 2.05. The third-order valence-electron chi connectivity index (χ3n) is 3.42. The van der Waals surface area contributed by atoms with Crippen LogP contribution in [0.15, 0.2) is 42.5 Å². The molecule has 108 valence electrons. The van der Waals surface area contributed by atoms with E-state index in [1.807, 2.05) is 30.3 Å². The molecule has 0 amide bonds. The molecule has 1 heterocycles. The maximum absolute atomic E-state index is 5.96. The summed E-state index contributed by atoms with van der Waals surface area (Å²) in [5, 5.41) is 0.697. The van der Waals surface area contributed by atoms with Crippen LogP contribution in [0.4, 0.5) is 0 Å². The minimum atomic E-state index is 0.410. The lowest BCUT2D eigenvalue weighted by atomic mass is 10.0. The van der Waals surface area contributed by atoms with E-state index >= 15 is 0 Å². The summed E-state index contributed by atoms with van der Waals surface area (Å²) in [7, 11) is 0. The molecule has 0 radical (unpaired) electrons. The molecule has 0 aliphatic rings. The maximum atomic E-state index is 5.96. The van der Waals surface area contributed by atoms with Crippen molar-refractivity contribution < 1.29 is 4.74 Å². The molecule has 3 aromatic rings. The fourth-order valence-electron chi connectivity index (χ4n) is 2.20. The van der Waals surface area contributed by atoms with E-state index in [4.69, 9.17) is 16.3 Å². The fraction of sp³-hybridized carbons (Fsp3) is 0.235. The molecule has 3 nitrogen and oxygen atoms in total. The molecule has 2 aromatic carbocycles. The first-order chi connectivity index (χ1) is 10.1. The molecule has 0 spiro atoms. The van der Waals surface area contributed by atoms with Crippen LogP contribution in [0.2, 0.25) is 5.02 Å². The summed E-state index contributed by atoms with van der Waals surface area (Å²) in [6.07, 6.45) is 0. The van der Waals surface area contributed by atoms with E-state index < -0.39 is 0 Å². The summed E-state index contributed by atoms with van der Waals surface area (Å²) < 4.78 is 5.76. The van der Waals surface area contributed by atoms with Gasteiger partial charge in [-0.15, -0.1) is 0 Å². The highest BCUT2D eigenvalue weighted by Crippen LogP contribution is 2.20. The standard InChI is InChI=1S/C17H17ClN2O/c1-11(2)12-3-6-14(7-4-12)21-10-17-19-15-8-5-13(18)9-16(15)20-17/h3-9,11H,10H2,1-2H3,(H,19,20). The molecule has 1 N–H and O–H groups in total. The van der Waals surface area contributed by atoms with Crippen molar-refractivity contribution in [1.29, 1.82) is 0 Å². The average Bonchev–Trinajstić information content (AvgIpc) is 2.87. The molecular formula is C17H17ClN2O. The number of halogens is 1. The van der Waals surface area contributed by atoms with Crippen molar-refractivity contribution in [2.75, 3.05) is 0 Å². The lowest BCUT2D eigenvalue weighted by molar-refractivity contribution is 0.297. The molecule has 0 aliphatic carbocycles. The van der Waals surface area contributed by atoms with Crippen LogP contribution in [0.5, 0.6) is 5.75 Å². The van der Waals surface area contributed by atoms with Crippen LogP contribution < -0.4 is 4.74 Å². The topological polar surface area (TPSA) is 37.9 Å². The SMILES string of the molecule is CC(C)c1ccc(OCc2nc3ccc(Cl)cc3[nH]2)cc1. The largest absolute Gasteiger partial charge is 0.486 e. The summed E-state index contributed by atoms with van der Waals surface area (Å²) in [5.41, 5.74) is 3.13. The van der Waals surface area contributed by atoms with E-state index in [2.05, 4.69) is 35.9 Å². The average molecular weight is 301 g/mol. The van der Waals surface area contributed by atoms with E-state index in [1.54, 1.807) is 0 Å². The summed E-state index contributed by atoms with van der Waals surface area (Å²) >= 11 is 5.96. The summed E-state index contributed by atoms with van der Waals surface area (Å²) in [4.78, 5) is 7.69. The van der Waals surface area contributed by atoms with Crippen LogP contribution in [0.25, 0.3) is 11.0 Å². The minimum Gasteiger partial charge on any atom is -0.486 e. The summed E-state index contributed by atoms with van der Waals surface area (Å²) in [6, 6.07) is 13.8. The lowest BCUT2D eigenvalue weighted by Gasteiger charge is -2.07. The van der Waals surface area contributed by atoms with Gasteiger partial charge >= 0.3 is 0 Å². The third kappa shape index (κ3) is 3.19. The highest BCUT2D eigenvalue weighted by molar-refractivity contribution is 6.31. The van der Waals surface area contributed by atoms with Crippen molar-refractivity contribution in [2.45, 2.75) is 26.4 Å². The van der Waals surface area contributed by atoms with Crippen LogP contribution in [0.3, 0.4) is 0 Å². The summed E-state index contributed by atoms with van der Waals surface area (Å²) in [6.45, 7) is 4.76. The molecule has 0 saturated carbocycles. The van der Waals surface area contributed by atoms with Crippen molar-refractivity contribution in [3.63, 3.8) is 0 Å². The van der Waals surface area contributed by atoms with Crippen LogP contribution in [-0.2, 0) is 6.61 Å². The Hall–Kier alpha value is -2.00. The van der Waals surface area contributed by atoms with Gasteiger partial charge in [-0.25, -0.2) is 4.98 Å². The molecule has 21 heavy (non-hydrogen) atoms. The highest BCUT2D eigenvalue weighted by atomic mass is 35.5. The lowest BCUT2D eigenvalue weighted by Crippen LogP contribution is -1.97. The first kappa shape index (κ1) is 14.0. The van der Waals surface area contributed by atoms with Crippen molar-refractivity contribution >= 4 is 22.6 Å². The van der Waals surface area contributed by atoms with Gasteiger partial charge < -0.3 is 9.72 Å². The monoisotopic (exact) mass is 300 g/mol. The van der Waals surface area contributed by atoms with Crippen molar-refractivity contribution in [3.8, 4) is 5.75 Å². The zero-order chi connectivity index (χ0) is 14.8. The molecule has 3 rings (SSSR count). The van der Waals surface area contributed by atoms with E-state index in [-0.39, 0.29) is 0 Å². The van der Waals surface area contributed by atoms with Gasteiger partial charge in [0.05, 0.1) is 11.0 Å². The van der Waals surface area contributed by atoms with Crippen LogP contribution in [0, 0.1) is 0 Å². The number of benzene rings is 2. The number of ether oxygens (including phenoxy) is 1. The number of H-pyrrole nitrogens is 1. The molecular weight excluding hydrogens is 284 g/mol. The Labute approximate surface area is 128 Å². The molecule has 0 unspecified atom stereocenters.